The van der Waals surface area contributed by atoms with Crippen LogP contribution in [0, 0.1) is 23.0 Å². The Balaban J connectivity index is 2.13. The van der Waals surface area contributed by atoms with Crippen molar-refractivity contribution < 1.29 is 9.47 Å². The van der Waals surface area contributed by atoms with Crippen LogP contribution in [0.4, 0.5) is 0 Å². The predicted molar refractivity (Wildman–Crippen MR) is 69.6 cm³/mol. The van der Waals surface area contributed by atoms with Crippen LogP contribution in [0.15, 0.2) is 0 Å². The molecule has 0 aliphatic heterocycles. The molecule has 0 aromatic carbocycles. The number of hydrogen-bond donors (Lipinski definition) is 0. The molecule has 2 fully saturated rings. The second-order valence-corrected chi connectivity index (χ2v) is 6.05. The Labute approximate surface area is 115 Å². The molecule has 0 unspecified atom stereocenters. The first-order chi connectivity index (χ1) is 9.24. The minimum atomic E-state index is -0.388. The average Bonchev–Trinajstić information content (AvgIpc) is 2.41. The zero-order valence-corrected chi connectivity index (χ0v) is 11.5. The summed E-state index contributed by atoms with van der Waals surface area (Å²) in [6.45, 7) is 0. The summed E-state index contributed by atoms with van der Waals surface area (Å²) in [6, 6.07) is 0. The second-order valence-electron chi connectivity index (χ2n) is 6.05. The third kappa shape index (κ3) is 3.32. The first kappa shape index (κ1) is 14.0. The van der Waals surface area contributed by atoms with Gasteiger partial charge < -0.3 is 9.47 Å². The van der Waals surface area contributed by atoms with Crippen LogP contribution in [0.25, 0.3) is 0 Å². The smallest absolute Gasteiger partial charge is 0.286 e. The summed E-state index contributed by atoms with van der Waals surface area (Å²) >= 11 is 0. The molecule has 0 bridgehead atoms. The van der Waals surface area contributed by atoms with E-state index in [1.807, 2.05) is 12.5 Å². The van der Waals surface area contributed by atoms with E-state index in [-0.39, 0.29) is 11.2 Å². The highest BCUT2D eigenvalue weighted by atomic mass is 16.5. The molecule has 0 heterocycles. The van der Waals surface area contributed by atoms with Gasteiger partial charge in [-0.05, 0) is 51.4 Å². The molecule has 104 valence electrons. The van der Waals surface area contributed by atoms with E-state index in [9.17, 15) is 0 Å². The van der Waals surface area contributed by atoms with Crippen molar-refractivity contribution in [3.05, 3.63) is 0 Å². The Bertz CT molecular complexity index is 333. The van der Waals surface area contributed by atoms with Gasteiger partial charge in [-0.1, -0.05) is 12.8 Å². The third-order valence-corrected chi connectivity index (χ3v) is 4.70. The highest BCUT2D eigenvalue weighted by Gasteiger charge is 2.46. The fraction of sp³-hybridized carbons (Fsp3) is 0.867. The van der Waals surface area contributed by atoms with Gasteiger partial charge in [0, 0.05) is 6.42 Å². The lowest BCUT2D eigenvalue weighted by molar-refractivity contribution is -0.0963. The summed E-state index contributed by atoms with van der Waals surface area (Å²) in [7, 11) is 0. The molecule has 0 amide bonds. The van der Waals surface area contributed by atoms with E-state index in [0.717, 1.165) is 51.4 Å². The molecular formula is C15H22N2O2. The SMILES string of the molecule is N#COC1(CC2(OC#N)CCCCC2)CCCCC1. The predicted octanol–water partition coefficient (Wildman–Crippen LogP) is 3.78. The normalized spacial score (nSPS) is 24.7. The van der Waals surface area contributed by atoms with Gasteiger partial charge in [0.15, 0.2) is 0 Å². The first-order valence-corrected chi connectivity index (χ1v) is 7.39. The van der Waals surface area contributed by atoms with Crippen LogP contribution in [0.1, 0.15) is 70.6 Å². The summed E-state index contributed by atoms with van der Waals surface area (Å²) in [5.41, 5.74) is -0.775. The van der Waals surface area contributed by atoms with E-state index in [1.54, 1.807) is 0 Å². The van der Waals surface area contributed by atoms with E-state index in [1.165, 1.54) is 12.8 Å². The first-order valence-electron chi connectivity index (χ1n) is 7.39. The maximum Gasteiger partial charge on any atom is 0.286 e. The highest BCUT2D eigenvalue weighted by molar-refractivity contribution is 4.98. The Kier molecular flexibility index (Phi) is 4.53. The Morgan fingerprint density at radius 1 is 0.684 bits per heavy atom. The maximum atomic E-state index is 8.95. The molecule has 19 heavy (non-hydrogen) atoms. The zero-order chi connectivity index (χ0) is 13.6. The molecule has 0 radical (unpaired) electrons. The summed E-state index contributed by atoms with van der Waals surface area (Å²) in [6.07, 6.45) is 15.0. The van der Waals surface area contributed by atoms with Gasteiger partial charge in [0.2, 0.25) is 0 Å². The number of hydrogen-bond acceptors (Lipinski definition) is 4. The molecule has 2 rings (SSSR count). The molecule has 0 aromatic heterocycles. The van der Waals surface area contributed by atoms with Crippen LogP contribution >= 0.6 is 0 Å². The Hall–Kier alpha value is -1.42. The largest absolute Gasteiger partial charge is 0.421 e. The Morgan fingerprint density at radius 3 is 1.37 bits per heavy atom. The van der Waals surface area contributed by atoms with Crippen molar-refractivity contribution in [3.63, 3.8) is 0 Å². The van der Waals surface area contributed by atoms with Gasteiger partial charge in [0.25, 0.3) is 12.5 Å². The number of rotatable bonds is 4. The average molecular weight is 262 g/mol. The van der Waals surface area contributed by atoms with E-state index >= 15 is 0 Å². The van der Waals surface area contributed by atoms with E-state index in [4.69, 9.17) is 20.0 Å². The minimum Gasteiger partial charge on any atom is -0.421 e. The molecule has 0 aromatic rings. The lowest BCUT2D eigenvalue weighted by Gasteiger charge is -2.43. The topological polar surface area (TPSA) is 66.0 Å². The molecular weight excluding hydrogens is 240 g/mol. The van der Waals surface area contributed by atoms with Gasteiger partial charge >= 0.3 is 0 Å². The quantitative estimate of drug-likeness (QED) is 0.723. The molecule has 4 nitrogen and oxygen atoms in total. The van der Waals surface area contributed by atoms with Crippen molar-refractivity contribution >= 4 is 0 Å². The number of ether oxygens (including phenoxy) is 2. The second kappa shape index (κ2) is 6.15. The summed E-state index contributed by atoms with van der Waals surface area (Å²) in [5.74, 6) is 0. The van der Waals surface area contributed by atoms with Gasteiger partial charge in [0.1, 0.15) is 11.2 Å². The summed E-state index contributed by atoms with van der Waals surface area (Å²) in [5, 5.41) is 17.9. The van der Waals surface area contributed by atoms with Crippen molar-refractivity contribution in [1.82, 2.24) is 0 Å². The van der Waals surface area contributed by atoms with Crippen molar-refractivity contribution in [2.75, 3.05) is 0 Å². The molecule has 4 heteroatoms. The molecule has 0 atom stereocenters. The van der Waals surface area contributed by atoms with Gasteiger partial charge in [-0.3, -0.25) is 0 Å². The molecule has 0 N–H and O–H groups in total. The van der Waals surface area contributed by atoms with Crippen molar-refractivity contribution in [2.24, 2.45) is 0 Å². The van der Waals surface area contributed by atoms with Crippen molar-refractivity contribution in [2.45, 2.75) is 81.8 Å². The highest BCUT2D eigenvalue weighted by Crippen LogP contribution is 2.44. The number of nitriles is 2. The monoisotopic (exact) mass is 262 g/mol. The van der Waals surface area contributed by atoms with Crippen molar-refractivity contribution in [3.8, 4) is 12.5 Å². The third-order valence-electron chi connectivity index (χ3n) is 4.70. The molecule has 2 saturated carbocycles. The molecule has 2 aliphatic rings. The fourth-order valence-corrected chi connectivity index (χ4v) is 3.80. The molecule has 0 saturated heterocycles. The van der Waals surface area contributed by atoms with Crippen LogP contribution in [0.2, 0.25) is 0 Å². The standard InChI is InChI=1S/C15H22N2O2/c16-12-18-14(7-3-1-4-8-14)11-15(19-13-17)9-5-2-6-10-15/h1-11H2. The van der Waals surface area contributed by atoms with Gasteiger partial charge in [-0.2, -0.15) is 10.5 Å². The number of nitrogens with zero attached hydrogens (tertiary/aromatic N) is 2. The van der Waals surface area contributed by atoms with Crippen LogP contribution in [0.5, 0.6) is 0 Å². The molecule has 2 aliphatic carbocycles. The van der Waals surface area contributed by atoms with Crippen molar-refractivity contribution in [1.29, 1.82) is 10.5 Å². The minimum absolute atomic E-state index is 0.388. The van der Waals surface area contributed by atoms with Crippen LogP contribution in [-0.4, -0.2) is 11.2 Å². The van der Waals surface area contributed by atoms with Gasteiger partial charge in [0.05, 0.1) is 0 Å². The fourth-order valence-electron chi connectivity index (χ4n) is 3.80. The van der Waals surface area contributed by atoms with E-state index in [0.29, 0.717) is 6.42 Å². The van der Waals surface area contributed by atoms with Crippen LogP contribution in [-0.2, 0) is 9.47 Å². The van der Waals surface area contributed by atoms with Gasteiger partial charge in [-0.15, -0.1) is 0 Å². The maximum absolute atomic E-state index is 8.95. The van der Waals surface area contributed by atoms with Crippen LogP contribution in [0.3, 0.4) is 0 Å². The van der Waals surface area contributed by atoms with Gasteiger partial charge in [-0.25, -0.2) is 0 Å². The molecule has 0 spiro atoms. The zero-order valence-electron chi connectivity index (χ0n) is 11.5. The van der Waals surface area contributed by atoms with E-state index in [2.05, 4.69) is 0 Å². The lowest BCUT2D eigenvalue weighted by atomic mass is 9.72. The summed E-state index contributed by atoms with van der Waals surface area (Å²) in [4.78, 5) is 0. The Morgan fingerprint density at radius 2 is 1.05 bits per heavy atom. The summed E-state index contributed by atoms with van der Waals surface area (Å²) < 4.78 is 10.9. The lowest BCUT2D eigenvalue weighted by Crippen LogP contribution is -2.46. The van der Waals surface area contributed by atoms with Crippen LogP contribution < -0.4 is 0 Å². The van der Waals surface area contributed by atoms with E-state index < -0.39 is 0 Å².